The van der Waals surface area contributed by atoms with Gasteiger partial charge in [-0.2, -0.15) is 0 Å². The van der Waals surface area contributed by atoms with Crippen LogP contribution in [0.25, 0.3) is 0 Å². The standard InChI is InChI=1S/C14H18O5S/c1-4-18-13(15)12(14(16)19-5-2)20-11-8-6-7-10(9-11)17-3/h6-9,12H,4-5H2,1-3H3. The predicted octanol–water partition coefficient (Wildman–Crippen LogP) is 2.28. The van der Waals surface area contributed by atoms with E-state index >= 15 is 0 Å². The van der Waals surface area contributed by atoms with Gasteiger partial charge in [-0.3, -0.25) is 9.59 Å². The van der Waals surface area contributed by atoms with E-state index in [1.54, 1.807) is 45.2 Å². The Labute approximate surface area is 122 Å². The van der Waals surface area contributed by atoms with E-state index in [1.165, 1.54) is 0 Å². The Bertz CT molecular complexity index is 443. The van der Waals surface area contributed by atoms with Gasteiger partial charge in [-0.05, 0) is 32.0 Å². The lowest BCUT2D eigenvalue weighted by Gasteiger charge is -2.14. The molecule has 0 amide bonds. The zero-order chi connectivity index (χ0) is 15.0. The van der Waals surface area contributed by atoms with Crippen molar-refractivity contribution in [3.05, 3.63) is 24.3 Å². The zero-order valence-electron chi connectivity index (χ0n) is 11.8. The fourth-order valence-corrected chi connectivity index (χ4v) is 2.38. The van der Waals surface area contributed by atoms with Crippen LogP contribution in [0.1, 0.15) is 13.8 Å². The summed E-state index contributed by atoms with van der Waals surface area (Å²) in [5, 5.41) is -1.03. The van der Waals surface area contributed by atoms with Gasteiger partial charge in [-0.15, -0.1) is 0 Å². The number of hydrogen-bond acceptors (Lipinski definition) is 6. The quantitative estimate of drug-likeness (QED) is 0.437. The smallest absolute Gasteiger partial charge is 0.331 e. The van der Waals surface area contributed by atoms with Crippen molar-refractivity contribution < 1.29 is 23.8 Å². The molecular weight excluding hydrogens is 280 g/mol. The summed E-state index contributed by atoms with van der Waals surface area (Å²) in [6.45, 7) is 3.81. The third kappa shape index (κ3) is 4.77. The summed E-state index contributed by atoms with van der Waals surface area (Å²) in [6, 6.07) is 7.11. The molecule has 5 nitrogen and oxygen atoms in total. The van der Waals surface area contributed by atoms with Crippen molar-refractivity contribution in [2.75, 3.05) is 20.3 Å². The van der Waals surface area contributed by atoms with Crippen LogP contribution >= 0.6 is 11.8 Å². The van der Waals surface area contributed by atoms with Crippen molar-refractivity contribution in [2.24, 2.45) is 0 Å². The van der Waals surface area contributed by atoms with E-state index in [-0.39, 0.29) is 13.2 Å². The molecule has 0 aliphatic heterocycles. The molecule has 1 aromatic carbocycles. The minimum atomic E-state index is -1.03. The maximum atomic E-state index is 11.8. The van der Waals surface area contributed by atoms with E-state index < -0.39 is 17.2 Å². The Kier molecular flexibility index (Phi) is 6.93. The highest BCUT2D eigenvalue weighted by Gasteiger charge is 2.30. The summed E-state index contributed by atoms with van der Waals surface area (Å²) < 4.78 is 14.9. The topological polar surface area (TPSA) is 61.8 Å². The van der Waals surface area contributed by atoms with Gasteiger partial charge in [0.25, 0.3) is 0 Å². The Morgan fingerprint density at radius 2 is 1.75 bits per heavy atom. The maximum Gasteiger partial charge on any atom is 0.331 e. The normalized spacial score (nSPS) is 10.2. The molecule has 1 rings (SSSR count). The average molecular weight is 298 g/mol. The molecule has 0 radical (unpaired) electrons. The molecule has 0 saturated carbocycles. The Hall–Kier alpha value is -1.69. The summed E-state index contributed by atoms with van der Waals surface area (Å²) in [5.41, 5.74) is 0. The van der Waals surface area contributed by atoms with Crippen LogP contribution in [0, 0.1) is 0 Å². The molecule has 0 aromatic heterocycles. The molecule has 0 saturated heterocycles. The summed E-state index contributed by atoms with van der Waals surface area (Å²) in [7, 11) is 1.55. The third-order valence-electron chi connectivity index (χ3n) is 2.30. The number of methoxy groups -OCH3 is 1. The first-order valence-electron chi connectivity index (χ1n) is 6.26. The molecule has 110 valence electrons. The summed E-state index contributed by atoms with van der Waals surface area (Å²) in [6.07, 6.45) is 0. The van der Waals surface area contributed by atoms with Crippen LogP contribution in [0.3, 0.4) is 0 Å². The van der Waals surface area contributed by atoms with Gasteiger partial charge in [0.15, 0.2) is 0 Å². The second-order valence-electron chi connectivity index (χ2n) is 3.68. The lowest BCUT2D eigenvalue weighted by molar-refractivity contribution is -0.152. The summed E-state index contributed by atoms with van der Waals surface area (Å²) >= 11 is 1.09. The number of carbonyl (C=O) groups is 2. The van der Waals surface area contributed by atoms with Gasteiger partial charge in [0, 0.05) is 4.90 Å². The van der Waals surface area contributed by atoms with Gasteiger partial charge in [0.1, 0.15) is 5.75 Å². The lowest BCUT2D eigenvalue weighted by atomic mass is 10.3. The highest BCUT2D eigenvalue weighted by Crippen LogP contribution is 2.28. The van der Waals surface area contributed by atoms with Crippen molar-refractivity contribution in [2.45, 2.75) is 24.0 Å². The number of carbonyl (C=O) groups excluding carboxylic acids is 2. The number of rotatable bonds is 7. The Balaban J connectivity index is 2.87. The van der Waals surface area contributed by atoms with Gasteiger partial charge in [0.05, 0.1) is 20.3 Å². The Morgan fingerprint density at radius 3 is 2.25 bits per heavy atom. The predicted molar refractivity (Wildman–Crippen MR) is 75.9 cm³/mol. The van der Waals surface area contributed by atoms with Gasteiger partial charge in [-0.1, -0.05) is 17.8 Å². The number of hydrogen-bond donors (Lipinski definition) is 0. The molecule has 0 N–H and O–H groups in total. The molecule has 1 aromatic rings. The highest BCUT2D eigenvalue weighted by atomic mass is 32.2. The van der Waals surface area contributed by atoms with E-state index in [1.807, 2.05) is 0 Å². The number of benzene rings is 1. The molecule has 0 unspecified atom stereocenters. The molecule has 20 heavy (non-hydrogen) atoms. The van der Waals surface area contributed by atoms with Crippen molar-refractivity contribution in [1.29, 1.82) is 0 Å². The van der Waals surface area contributed by atoms with E-state index in [9.17, 15) is 9.59 Å². The first kappa shape index (κ1) is 16.4. The van der Waals surface area contributed by atoms with Crippen LogP contribution in [-0.4, -0.2) is 37.5 Å². The molecule has 0 spiro atoms. The van der Waals surface area contributed by atoms with Crippen LogP contribution in [0.2, 0.25) is 0 Å². The van der Waals surface area contributed by atoms with Crippen LogP contribution in [-0.2, 0) is 19.1 Å². The monoisotopic (exact) mass is 298 g/mol. The van der Waals surface area contributed by atoms with Gasteiger partial charge >= 0.3 is 11.9 Å². The molecular formula is C14H18O5S. The first-order chi connectivity index (χ1) is 9.62. The molecule has 0 heterocycles. The van der Waals surface area contributed by atoms with Crippen molar-refractivity contribution in [1.82, 2.24) is 0 Å². The molecule has 0 bridgehead atoms. The molecule has 0 aliphatic carbocycles. The van der Waals surface area contributed by atoms with E-state index in [2.05, 4.69) is 0 Å². The Morgan fingerprint density at radius 1 is 1.15 bits per heavy atom. The van der Waals surface area contributed by atoms with E-state index in [0.29, 0.717) is 5.75 Å². The van der Waals surface area contributed by atoms with Crippen molar-refractivity contribution in [3.63, 3.8) is 0 Å². The number of ether oxygens (including phenoxy) is 3. The molecule has 0 atom stereocenters. The number of thioether (sulfide) groups is 1. The summed E-state index contributed by atoms with van der Waals surface area (Å²) in [4.78, 5) is 24.4. The van der Waals surface area contributed by atoms with Gasteiger partial charge in [-0.25, -0.2) is 0 Å². The van der Waals surface area contributed by atoms with Crippen LogP contribution in [0.15, 0.2) is 29.2 Å². The van der Waals surface area contributed by atoms with Gasteiger partial charge in [0.2, 0.25) is 5.25 Å². The van der Waals surface area contributed by atoms with E-state index in [0.717, 1.165) is 16.7 Å². The van der Waals surface area contributed by atoms with E-state index in [4.69, 9.17) is 14.2 Å². The average Bonchev–Trinajstić information content (AvgIpc) is 2.45. The zero-order valence-corrected chi connectivity index (χ0v) is 12.6. The first-order valence-corrected chi connectivity index (χ1v) is 7.14. The third-order valence-corrected chi connectivity index (χ3v) is 3.44. The highest BCUT2D eigenvalue weighted by molar-refractivity contribution is 8.01. The molecule has 6 heteroatoms. The van der Waals surface area contributed by atoms with Crippen molar-refractivity contribution >= 4 is 23.7 Å². The van der Waals surface area contributed by atoms with Crippen LogP contribution < -0.4 is 4.74 Å². The SMILES string of the molecule is CCOC(=O)C(Sc1cccc(OC)c1)C(=O)OCC. The maximum absolute atomic E-state index is 11.8. The largest absolute Gasteiger partial charge is 0.497 e. The van der Waals surface area contributed by atoms with Gasteiger partial charge < -0.3 is 14.2 Å². The minimum Gasteiger partial charge on any atom is -0.497 e. The summed E-state index contributed by atoms with van der Waals surface area (Å²) in [5.74, 6) is -0.543. The second kappa shape index (κ2) is 8.47. The lowest BCUT2D eigenvalue weighted by Crippen LogP contribution is -2.30. The van der Waals surface area contributed by atoms with Crippen LogP contribution in [0.5, 0.6) is 5.75 Å². The molecule has 0 fully saturated rings. The van der Waals surface area contributed by atoms with Crippen LogP contribution in [0.4, 0.5) is 0 Å². The fourth-order valence-electron chi connectivity index (χ4n) is 1.44. The number of esters is 2. The van der Waals surface area contributed by atoms with Crippen molar-refractivity contribution in [3.8, 4) is 5.75 Å². The minimum absolute atomic E-state index is 0.216. The second-order valence-corrected chi connectivity index (χ2v) is 4.86. The molecule has 0 aliphatic rings. The fraction of sp³-hybridized carbons (Fsp3) is 0.429.